The highest BCUT2D eigenvalue weighted by Crippen LogP contribution is 2.08. The smallest absolute Gasteiger partial charge is 0.220 e. The summed E-state index contributed by atoms with van der Waals surface area (Å²) in [6, 6.07) is -0.414. The molecule has 1 atom stereocenters. The molecule has 0 saturated carbocycles. The molecule has 1 heterocycles. The number of carbonyl (C=O) groups excluding carboxylic acids is 1. The number of hydrogen-bond donors (Lipinski definition) is 3. The Hall–Kier alpha value is -2.10. The van der Waals surface area contributed by atoms with Crippen molar-refractivity contribution in [1.29, 1.82) is 0 Å². The maximum atomic E-state index is 11.7. The highest BCUT2D eigenvalue weighted by Gasteiger charge is 2.12. The number of carbonyl (C=O) groups is 1. The lowest BCUT2D eigenvalue weighted by Gasteiger charge is -2.09. The van der Waals surface area contributed by atoms with Gasteiger partial charge in [0.25, 0.3) is 0 Å². The molecule has 152 valence electrons. The van der Waals surface area contributed by atoms with Crippen LogP contribution in [0.1, 0.15) is 24.7 Å². The van der Waals surface area contributed by atoms with E-state index in [1.807, 2.05) is 0 Å². The summed E-state index contributed by atoms with van der Waals surface area (Å²) in [6.07, 6.45) is 5.77. The summed E-state index contributed by atoms with van der Waals surface area (Å²) in [7, 11) is 0. The highest BCUT2D eigenvalue weighted by molar-refractivity contribution is 5.75. The van der Waals surface area contributed by atoms with Gasteiger partial charge >= 0.3 is 0 Å². The molecule has 1 aromatic rings. The largest absolute Gasteiger partial charge is 0.377 e. The second-order valence-electron chi connectivity index (χ2n) is 5.36. The van der Waals surface area contributed by atoms with E-state index in [1.165, 1.54) is 0 Å². The van der Waals surface area contributed by atoms with E-state index in [-0.39, 0.29) is 12.3 Å². The van der Waals surface area contributed by atoms with Crippen LogP contribution in [-0.4, -0.2) is 85.9 Å². The van der Waals surface area contributed by atoms with E-state index < -0.39 is 6.04 Å². The van der Waals surface area contributed by atoms with Crippen LogP contribution in [0.15, 0.2) is 0 Å². The number of hydrogen-bond acceptors (Lipinski definition) is 9. The number of H-pyrrole nitrogens is 1. The Bertz CT molecular complexity index is 522. The lowest BCUT2D eigenvalue weighted by Crippen LogP contribution is -2.28. The van der Waals surface area contributed by atoms with Crippen molar-refractivity contribution in [3.05, 3.63) is 5.82 Å². The van der Waals surface area contributed by atoms with Gasteiger partial charge < -0.3 is 30.0 Å². The van der Waals surface area contributed by atoms with Crippen LogP contribution in [0.2, 0.25) is 0 Å². The van der Waals surface area contributed by atoms with Gasteiger partial charge in [0.15, 0.2) is 5.82 Å². The lowest BCUT2D eigenvalue weighted by atomic mass is 10.1. The number of nitrogens with two attached hydrogens (primary N) is 1. The van der Waals surface area contributed by atoms with E-state index in [9.17, 15) is 4.79 Å². The topological polar surface area (TPSA) is 146 Å². The average Bonchev–Trinajstić information content (AvgIpc) is 3.21. The van der Waals surface area contributed by atoms with Crippen molar-refractivity contribution in [3.63, 3.8) is 0 Å². The minimum atomic E-state index is -0.414. The second kappa shape index (κ2) is 16.1. The lowest BCUT2D eigenvalue weighted by molar-refractivity contribution is -0.121. The van der Waals surface area contributed by atoms with E-state index in [1.54, 1.807) is 0 Å². The Kier molecular flexibility index (Phi) is 13.7. The van der Waals surface area contributed by atoms with E-state index in [2.05, 4.69) is 31.9 Å². The van der Waals surface area contributed by atoms with Crippen molar-refractivity contribution in [3.8, 4) is 12.3 Å². The summed E-state index contributed by atoms with van der Waals surface area (Å²) >= 11 is 0. The zero-order valence-corrected chi connectivity index (χ0v) is 15.4. The van der Waals surface area contributed by atoms with Gasteiger partial charge in [0.1, 0.15) is 6.61 Å². The predicted octanol–water partition coefficient (Wildman–Crippen LogP) is -1.20. The Morgan fingerprint density at radius 1 is 1.11 bits per heavy atom. The van der Waals surface area contributed by atoms with Crippen LogP contribution in [0.5, 0.6) is 0 Å². The normalized spacial score (nSPS) is 11.9. The van der Waals surface area contributed by atoms with Gasteiger partial charge in [-0.05, 0) is 6.42 Å². The maximum absolute atomic E-state index is 11.7. The van der Waals surface area contributed by atoms with Crippen LogP contribution in [0.4, 0.5) is 0 Å². The quantitative estimate of drug-likeness (QED) is 0.222. The molecule has 11 heteroatoms. The number of amides is 1. The number of aromatic amines is 1. The fraction of sp³-hybridized carbons (Fsp3) is 0.750. The maximum Gasteiger partial charge on any atom is 0.220 e. The third kappa shape index (κ3) is 12.8. The molecular weight excluding hydrogens is 356 g/mol. The fourth-order valence-corrected chi connectivity index (χ4v) is 1.88. The molecule has 0 unspecified atom stereocenters. The molecule has 11 nitrogen and oxygen atoms in total. The van der Waals surface area contributed by atoms with Crippen molar-refractivity contribution in [2.75, 3.05) is 59.4 Å². The zero-order valence-electron chi connectivity index (χ0n) is 15.4. The van der Waals surface area contributed by atoms with Gasteiger partial charge in [-0.3, -0.25) is 4.79 Å². The average molecular weight is 384 g/mol. The molecule has 1 aromatic heterocycles. The number of aromatic nitrogens is 4. The zero-order chi connectivity index (χ0) is 19.6. The minimum absolute atomic E-state index is 0.0998. The molecule has 0 aromatic carbocycles. The third-order valence-electron chi connectivity index (χ3n) is 3.25. The first-order valence-corrected chi connectivity index (χ1v) is 8.74. The molecule has 1 rings (SSSR count). The second-order valence-corrected chi connectivity index (χ2v) is 5.36. The predicted molar refractivity (Wildman–Crippen MR) is 95.5 cm³/mol. The summed E-state index contributed by atoms with van der Waals surface area (Å²) in [6.45, 7) is 3.98. The van der Waals surface area contributed by atoms with Gasteiger partial charge in [0, 0.05) is 13.0 Å². The Labute approximate surface area is 158 Å². The van der Waals surface area contributed by atoms with Crippen LogP contribution >= 0.6 is 0 Å². The van der Waals surface area contributed by atoms with E-state index in [0.29, 0.717) is 71.6 Å². The molecule has 1 amide bonds. The molecule has 27 heavy (non-hydrogen) atoms. The summed E-state index contributed by atoms with van der Waals surface area (Å²) in [5.41, 5.74) is 5.84. The molecule has 0 saturated heterocycles. The highest BCUT2D eigenvalue weighted by atomic mass is 16.6. The first-order chi connectivity index (χ1) is 13.2. The monoisotopic (exact) mass is 384 g/mol. The van der Waals surface area contributed by atoms with Gasteiger partial charge in [0.2, 0.25) is 5.91 Å². The van der Waals surface area contributed by atoms with Crippen molar-refractivity contribution >= 4 is 5.91 Å². The van der Waals surface area contributed by atoms with Gasteiger partial charge in [-0.1, -0.05) is 11.1 Å². The molecule has 0 aliphatic carbocycles. The van der Waals surface area contributed by atoms with Crippen molar-refractivity contribution in [2.45, 2.75) is 18.9 Å². The van der Waals surface area contributed by atoms with Gasteiger partial charge in [0.05, 0.1) is 52.3 Å². The van der Waals surface area contributed by atoms with Gasteiger partial charge in [-0.2, -0.15) is 5.21 Å². The number of rotatable bonds is 17. The first kappa shape index (κ1) is 22.9. The van der Waals surface area contributed by atoms with Gasteiger partial charge in [-0.25, -0.2) is 0 Å². The summed E-state index contributed by atoms with van der Waals surface area (Å²) in [4.78, 5) is 11.7. The van der Waals surface area contributed by atoms with Crippen molar-refractivity contribution in [2.24, 2.45) is 5.73 Å². The Morgan fingerprint density at radius 2 is 1.74 bits per heavy atom. The number of nitrogens with zero attached hydrogens (tertiary/aromatic N) is 3. The SMILES string of the molecule is C#CCOCCOCCOCCOCCNC(=O)CC[C@H](N)c1nn[nH]n1. The Morgan fingerprint density at radius 3 is 2.33 bits per heavy atom. The van der Waals surface area contributed by atoms with Crippen molar-refractivity contribution in [1.82, 2.24) is 25.9 Å². The molecular formula is C16H28N6O5. The van der Waals surface area contributed by atoms with Crippen LogP contribution in [0.3, 0.4) is 0 Å². The number of tetrazole rings is 1. The van der Waals surface area contributed by atoms with E-state index in [4.69, 9.17) is 31.1 Å². The van der Waals surface area contributed by atoms with E-state index in [0.717, 1.165) is 0 Å². The summed E-state index contributed by atoms with van der Waals surface area (Å²) in [5.74, 6) is 2.67. The third-order valence-corrected chi connectivity index (χ3v) is 3.25. The molecule has 0 bridgehead atoms. The molecule has 0 radical (unpaired) electrons. The number of ether oxygens (including phenoxy) is 4. The van der Waals surface area contributed by atoms with E-state index >= 15 is 0 Å². The van der Waals surface area contributed by atoms with Crippen LogP contribution in [0.25, 0.3) is 0 Å². The summed E-state index contributed by atoms with van der Waals surface area (Å²) in [5, 5.41) is 16.1. The molecule has 0 aliphatic heterocycles. The molecule has 0 spiro atoms. The summed E-state index contributed by atoms with van der Waals surface area (Å²) < 4.78 is 21.1. The first-order valence-electron chi connectivity index (χ1n) is 8.74. The number of nitrogens with one attached hydrogen (secondary N) is 2. The number of terminal acetylenes is 1. The molecule has 0 fully saturated rings. The van der Waals surface area contributed by atoms with Crippen LogP contribution < -0.4 is 11.1 Å². The van der Waals surface area contributed by atoms with Gasteiger partial charge in [-0.15, -0.1) is 16.6 Å². The Balaban J connectivity index is 1.80. The van der Waals surface area contributed by atoms with Crippen molar-refractivity contribution < 1.29 is 23.7 Å². The molecule has 0 aliphatic rings. The minimum Gasteiger partial charge on any atom is -0.377 e. The molecule has 4 N–H and O–H groups in total. The fourth-order valence-electron chi connectivity index (χ4n) is 1.88. The van der Waals surface area contributed by atoms with Crippen LogP contribution in [0, 0.1) is 12.3 Å². The standard InChI is InChI=1S/C16H28N6O5/c1-2-6-24-8-10-26-12-13-27-11-9-25-7-5-18-15(23)4-3-14(17)16-19-21-22-20-16/h1,14H,3-13,17H2,(H,18,23)(H,19,20,21,22)/t14-/m0/s1. The van der Waals surface area contributed by atoms with Crippen LogP contribution in [-0.2, 0) is 23.7 Å².